The highest BCUT2D eigenvalue weighted by molar-refractivity contribution is 6.31. The van der Waals surface area contributed by atoms with Crippen molar-refractivity contribution in [3.8, 4) is 0 Å². The molecule has 1 aliphatic rings. The first kappa shape index (κ1) is 17.6. The van der Waals surface area contributed by atoms with Crippen molar-refractivity contribution >= 4 is 17.5 Å². The number of carbonyl (C=O) groups excluding carboxylic acids is 1. The van der Waals surface area contributed by atoms with Crippen LogP contribution in [-0.4, -0.2) is 20.9 Å². The Kier molecular flexibility index (Phi) is 4.87. The molecule has 138 valence electrons. The van der Waals surface area contributed by atoms with E-state index in [2.05, 4.69) is 15.6 Å². The number of hydrogen-bond donors (Lipinski definition) is 1. The maximum Gasteiger partial charge on any atom is 0.274 e. The van der Waals surface area contributed by atoms with Crippen LogP contribution in [0.1, 0.15) is 33.4 Å². The molecule has 6 nitrogen and oxygen atoms in total. The van der Waals surface area contributed by atoms with Gasteiger partial charge in [0.2, 0.25) is 0 Å². The molecule has 0 saturated carbocycles. The molecule has 4 rings (SSSR count). The first-order valence-electron chi connectivity index (χ1n) is 8.43. The maximum atomic E-state index is 13.1. The van der Waals surface area contributed by atoms with Crippen LogP contribution in [0.25, 0.3) is 0 Å². The lowest BCUT2D eigenvalue weighted by Gasteiger charge is -2.24. The third kappa shape index (κ3) is 3.70. The Balaban J connectivity index is 1.45. The number of amides is 1. The summed E-state index contributed by atoms with van der Waals surface area (Å²) < 4.78 is 20.6. The molecule has 3 aromatic rings. The van der Waals surface area contributed by atoms with Crippen LogP contribution in [0.15, 0.2) is 48.5 Å². The fourth-order valence-electron chi connectivity index (χ4n) is 2.97. The zero-order valence-corrected chi connectivity index (χ0v) is 15.0. The summed E-state index contributed by atoms with van der Waals surface area (Å²) in [4.78, 5) is 12.5. The Morgan fingerprint density at radius 1 is 1.26 bits per heavy atom. The molecule has 0 fully saturated rings. The number of nitrogens with one attached hydrogen (secondary N) is 1. The molecule has 1 atom stereocenters. The molecular formula is C19H16ClFN4O2. The van der Waals surface area contributed by atoms with Crippen molar-refractivity contribution in [3.05, 3.63) is 81.9 Å². The van der Waals surface area contributed by atoms with Gasteiger partial charge in [-0.05, 0) is 29.3 Å². The number of fused-ring (bicyclic) bond motifs is 1. The van der Waals surface area contributed by atoms with Gasteiger partial charge in [-0.1, -0.05) is 47.1 Å². The summed E-state index contributed by atoms with van der Waals surface area (Å²) in [5.41, 5.74) is 2.52. The van der Waals surface area contributed by atoms with E-state index in [1.165, 1.54) is 12.1 Å². The highest BCUT2D eigenvalue weighted by Crippen LogP contribution is 2.27. The predicted octanol–water partition coefficient (Wildman–Crippen LogP) is 3.27. The molecule has 0 spiro atoms. The zero-order chi connectivity index (χ0) is 18.8. The summed E-state index contributed by atoms with van der Waals surface area (Å²) in [5, 5.41) is 11.5. The Labute approximate surface area is 159 Å². The summed E-state index contributed by atoms with van der Waals surface area (Å²) >= 11 is 6.11. The molecule has 2 aromatic carbocycles. The summed E-state index contributed by atoms with van der Waals surface area (Å²) in [6.45, 7) is 0.902. The van der Waals surface area contributed by atoms with Crippen LogP contribution in [0, 0.1) is 5.82 Å². The van der Waals surface area contributed by atoms with Crippen molar-refractivity contribution in [1.29, 1.82) is 0 Å². The van der Waals surface area contributed by atoms with E-state index in [1.807, 2.05) is 18.2 Å². The average molecular weight is 387 g/mol. The fourth-order valence-corrected chi connectivity index (χ4v) is 3.17. The number of carbonyl (C=O) groups is 1. The molecule has 0 aliphatic carbocycles. The fraction of sp³-hybridized carbons (Fsp3) is 0.211. The molecule has 1 N–H and O–H groups in total. The van der Waals surface area contributed by atoms with Gasteiger partial charge in [0.25, 0.3) is 5.91 Å². The second-order valence-electron chi connectivity index (χ2n) is 6.19. The number of hydrogen-bond acceptors (Lipinski definition) is 4. The van der Waals surface area contributed by atoms with Gasteiger partial charge in [0, 0.05) is 11.6 Å². The van der Waals surface area contributed by atoms with Crippen LogP contribution in [-0.2, 0) is 24.4 Å². The largest absolute Gasteiger partial charge is 0.365 e. The maximum absolute atomic E-state index is 13.1. The zero-order valence-electron chi connectivity index (χ0n) is 14.2. The molecular weight excluding hydrogens is 371 g/mol. The highest BCUT2D eigenvalue weighted by Gasteiger charge is 2.27. The van der Waals surface area contributed by atoms with E-state index in [-0.39, 0.29) is 30.1 Å². The Morgan fingerprint density at radius 2 is 2.04 bits per heavy atom. The topological polar surface area (TPSA) is 69.0 Å². The molecule has 1 aliphatic heterocycles. The minimum absolute atomic E-state index is 0.198. The highest BCUT2D eigenvalue weighted by atomic mass is 35.5. The quantitative estimate of drug-likeness (QED) is 0.747. The van der Waals surface area contributed by atoms with E-state index < -0.39 is 0 Å². The van der Waals surface area contributed by atoms with Gasteiger partial charge in [-0.15, -0.1) is 5.10 Å². The van der Waals surface area contributed by atoms with E-state index >= 15 is 0 Å². The first-order chi connectivity index (χ1) is 13.1. The van der Waals surface area contributed by atoms with Crippen molar-refractivity contribution in [3.63, 3.8) is 0 Å². The first-order valence-corrected chi connectivity index (χ1v) is 8.80. The monoisotopic (exact) mass is 386 g/mol. The van der Waals surface area contributed by atoms with Crippen molar-refractivity contribution in [1.82, 2.24) is 20.3 Å². The van der Waals surface area contributed by atoms with Crippen LogP contribution >= 0.6 is 11.6 Å². The van der Waals surface area contributed by atoms with Crippen molar-refractivity contribution < 1.29 is 13.9 Å². The third-order valence-electron chi connectivity index (χ3n) is 4.45. The molecule has 2 heterocycles. The van der Waals surface area contributed by atoms with Gasteiger partial charge in [-0.3, -0.25) is 4.79 Å². The average Bonchev–Trinajstić information content (AvgIpc) is 3.11. The number of halogens is 2. The minimum Gasteiger partial charge on any atom is -0.365 e. The molecule has 0 bridgehead atoms. The normalized spacial score (nSPS) is 16.0. The van der Waals surface area contributed by atoms with Crippen LogP contribution in [0.2, 0.25) is 5.02 Å². The third-order valence-corrected chi connectivity index (χ3v) is 4.82. The van der Waals surface area contributed by atoms with Crippen molar-refractivity contribution in [2.24, 2.45) is 0 Å². The van der Waals surface area contributed by atoms with Gasteiger partial charge >= 0.3 is 0 Å². The number of nitrogens with zero attached hydrogens (tertiary/aromatic N) is 3. The SMILES string of the molecule is O=C(NCc1ccccc1Cl)c1nnn2c1CO[C@H](c1ccc(F)cc1)C2. The minimum atomic E-state index is -0.333. The van der Waals surface area contributed by atoms with Gasteiger partial charge in [0.1, 0.15) is 11.9 Å². The molecule has 8 heteroatoms. The van der Waals surface area contributed by atoms with Crippen LogP contribution in [0.5, 0.6) is 0 Å². The second-order valence-corrected chi connectivity index (χ2v) is 6.60. The molecule has 0 saturated heterocycles. The Hall–Kier alpha value is -2.77. The molecule has 1 amide bonds. The van der Waals surface area contributed by atoms with E-state index in [9.17, 15) is 9.18 Å². The van der Waals surface area contributed by atoms with E-state index in [0.717, 1.165) is 11.1 Å². The number of rotatable bonds is 4. The predicted molar refractivity (Wildman–Crippen MR) is 96.6 cm³/mol. The van der Waals surface area contributed by atoms with E-state index in [4.69, 9.17) is 16.3 Å². The second kappa shape index (κ2) is 7.46. The van der Waals surface area contributed by atoms with Crippen molar-refractivity contribution in [2.75, 3.05) is 0 Å². The van der Waals surface area contributed by atoms with Gasteiger partial charge in [0.15, 0.2) is 5.69 Å². The standard InChI is InChI=1S/C19H16ClFN4O2/c20-15-4-2-1-3-13(15)9-22-19(26)18-16-11-27-17(10-25(16)24-23-18)12-5-7-14(21)8-6-12/h1-8,17H,9-11H2,(H,22,26)/t17-/m0/s1. The van der Waals surface area contributed by atoms with Gasteiger partial charge in [-0.2, -0.15) is 0 Å². The summed E-state index contributed by atoms with van der Waals surface area (Å²) in [7, 11) is 0. The Bertz CT molecular complexity index is 974. The summed E-state index contributed by atoms with van der Waals surface area (Å²) in [5.74, 6) is -0.631. The Morgan fingerprint density at radius 3 is 2.81 bits per heavy atom. The van der Waals surface area contributed by atoms with Crippen LogP contribution in [0.3, 0.4) is 0 Å². The lowest BCUT2D eigenvalue weighted by Crippen LogP contribution is -2.27. The molecule has 27 heavy (non-hydrogen) atoms. The van der Waals surface area contributed by atoms with Gasteiger partial charge in [0.05, 0.1) is 18.8 Å². The number of ether oxygens (including phenoxy) is 1. The number of aromatic nitrogens is 3. The summed E-state index contributed by atoms with van der Waals surface area (Å²) in [6.07, 6.45) is -0.265. The lowest BCUT2D eigenvalue weighted by molar-refractivity contribution is -0.00180. The smallest absolute Gasteiger partial charge is 0.274 e. The van der Waals surface area contributed by atoms with Crippen LogP contribution < -0.4 is 5.32 Å². The number of benzene rings is 2. The molecule has 1 aromatic heterocycles. The van der Waals surface area contributed by atoms with Crippen LogP contribution in [0.4, 0.5) is 4.39 Å². The van der Waals surface area contributed by atoms with Gasteiger partial charge in [-0.25, -0.2) is 9.07 Å². The van der Waals surface area contributed by atoms with E-state index in [0.29, 0.717) is 23.8 Å². The van der Waals surface area contributed by atoms with Gasteiger partial charge < -0.3 is 10.1 Å². The lowest BCUT2D eigenvalue weighted by atomic mass is 10.1. The molecule has 0 radical (unpaired) electrons. The summed E-state index contributed by atoms with van der Waals surface area (Å²) in [6, 6.07) is 13.5. The van der Waals surface area contributed by atoms with E-state index in [1.54, 1.807) is 22.9 Å². The molecule has 0 unspecified atom stereocenters. The van der Waals surface area contributed by atoms with Crippen molar-refractivity contribution in [2.45, 2.75) is 25.8 Å².